The van der Waals surface area contributed by atoms with Gasteiger partial charge in [0.1, 0.15) is 4.90 Å². The van der Waals surface area contributed by atoms with Gasteiger partial charge in [-0.15, -0.1) is 0 Å². The van der Waals surface area contributed by atoms with Gasteiger partial charge in [0.25, 0.3) is 0 Å². The number of nitrogens with zero attached hydrogens (tertiary/aromatic N) is 1. The Bertz CT molecular complexity index is 547. The Balaban J connectivity index is 2.45. The van der Waals surface area contributed by atoms with E-state index in [1.165, 1.54) is 0 Å². The van der Waals surface area contributed by atoms with E-state index in [-0.39, 0.29) is 13.2 Å². The van der Waals surface area contributed by atoms with Gasteiger partial charge < -0.3 is 5.11 Å². The smallest absolute Gasteiger partial charge is 0.246 e. The molecule has 0 amide bonds. The standard InChI is InChI=1S/C11H13F2NO3S/c12-9-4-1-5-10(11(9)13)18(16,17)14-6-2-3-8(14)7-15/h1,4-5,8,15H,2-3,6-7H2/t8-/m1/s1. The zero-order valence-electron chi connectivity index (χ0n) is 9.51. The fourth-order valence-corrected chi connectivity index (χ4v) is 3.88. The number of aliphatic hydroxyl groups excluding tert-OH is 1. The van der Waals surface area contributed by atoms with Crippen LogP contribution < -0.4 is 0 Å². The van der Waals surface area contributed by atoms with Gasteiger partial charge in [0.2, 0.25) is 10.0 Å². The molecule has 7 heteroatoms. The molecule has 1 fully saturated rings. The number of hydrogen-bond acceptors (Lipinski definition) is 3. The summed E-state index contributed by atoms with van der Waals surface area (Å²) in [6, 6.07) is 2.48. The molecule has 0 spiro atoms. The van der Waals surface area contributed by atoms with Crippen LogP contribution in [0.4, 0.5) is 8.78 Å². The number of aliphatic hydroxyl groups is 1. The quantitative estimate of drug-likeness (QED) is 0.900. The van der Waals surface area contributed by atoms with E-state index in [1.807, 2.05) is 0 Å². The highest BCUT2D eigenvalue weighted by molar-refractivity contribution is 7.89. The predicted molar refractivity (Wildman–Crippen MR) is 60.4 cm³/mol. The normalized spacial score (nSPS) is 21.4. The van der Waals surface area contributed by atoms with Gasteiger partial charge in [-0.05, 0) is 25.0 Å². The second kappa shape index (κ2) is 4.91. The molecule has 0 aromatic heterocycles. The number of benzene rings is 1. The molecular formula is C11H13F2NO3S. The van der Waals surface area contributed by atoms with Crippen LogP contribution >= 0.6 is 0 Å². The van der Waals surface area contributed by atoms with E-state index in [4.69, 9.17) is 5.11 Å². The first-order valence-electron chi connectivity index (χ1n) is 5.55. The first-order valence-corrected chi connectivity index (χ1v) is 6.99. The van der Waals surface area contributed by atoms with Crippen molar-refractivity contribution in [2.75, 3.05) is 13.2 Å². The van der Waals surface area contributed by atoms with Crippen molar-refractivity contribution in [1.82, 2.24) is 4.31 Å². The van der Waals surface area contributed by atoms with Crippen molar-refractivity contribution >= 4 is 10.0 Å². The molecule has 18 heavy (non-hydrogen) atoms. The van der Waals surface area contributed by atoms with Gasteiger partial charge in [0.05, 0.1) is 6.61 Å². The maximum absolute atomic E-state index is 13.5. The van der Waals surface area contributed by atoms with Crippen LogP contribution in [-0.4, -0.2) is 37.0 Å². The topological polar surface area (TPSA) is 57.6 Å². The summed E-state index contributed by atoms with van der Waals surface area (Å²) in [7, 11) is -4.09. The van der Waals surface area contributed by atoms with Crippen LogP contribution in [0.15, 0.2) is 23.1 Å². The van der Waals surface area contributed by atoms with Gasteiger partial charge in [-0.2, -0.15) is 4.31 Å². The fraction of sp³-hybridized carbons (Fsp3) is 0.455. The van der Waals surface area contributed by atoms with Crippen LogP contribution in [0.1, 0.15) is 12.8 Å². The van der Waals surface area contributed by atoms with Crippen molar-refractivity contribution in [3.8, 4) is 0 Å². The monoisotopic (exact) mass is 277 g/mol. The summed E-state index contributed by atoms with van der Waals surface area (Å²) in [5.41, 5.74) is 0. The Kier molecular flexibility index (Phi) is 3.65. The molecule has 100 valence electrons. The second-order valence-corrected chi connectivity index (χ2v) is 6.01. The third kappa shape index (κ3) is 2.13. The Morgan fingerprint density at radius 1 is 1.39 bits per heavy atom. The molecule has 1 aliphatic heterocycles. The molecule has 0 unspecified atom stereocenters. The summed E-state index contributed by atoms with van der Waals surface area (Å²) in [4.78, 5) is -0.678. The molecule has 0 aliphatic carbocycles. The lowest BCUT2D eigenvalue weighted by atomic mass is 10.2. The Labute approximate surface area is 104 Å². The Morgan fingerprint density at radius 2 is 2.11 bits per heavy atom. The summed E-state index contributed by atoms with van der Waals surface area (Å²) in [6.45, 7) is -0.111. The Morgan fingerprint density at radius 3 is 2.78 bits per heavy atom. The van der Waals surface area contributed by atoms with E-state index in [2.05, 4.69) is 0 Å². The SMILES string of the molecule is O=S(=O)(c1cccc(F)c1F)N1CCC[C@@H]1CO. The van der Waals surface area contributed by atoms with E-state index in [1.54, 1.807) is 0 Å². The number of rotatable bonds is 3. The van der Waals surface area contributed by atoms with Gasteiger partial charge in [-0.3, -0.25) is 0 Å². The van der Waals surface area contributed by atoms with Gasteiger partial charge in [0, 0.05) is 12.6 Å². The number of halogens is 2. The zero-order chi connectivity index (χ0) is 13.3. The van der Waals surface area contributed by atoms with Crippen LogP contribution in [0.25, 0.3) is 0 Å². The molecular weight excluding hydrogens is 264 g/mol. The third-order valence-corrected chi connectivity index (χ3v) is 5.01. The van der Waals surface area contributed by atoms with E-state index < -0.39 is 32.6 Å². The van der Waals surface area contributed by atoms with Crippen molar-refractivity contribution in [2.24, 2.45) is 0 Å². The molecule has 1 aliphatic rings. The number of hydrogen-bond donors (Lipinski definition) is 1. The van der Waals surface area contributed by atoms with Gasteiger partial charge >= 0.3 is 0 Å². The fourth-order valence-electron chi connectivity index (χ4n) is 2.12. The zero-order valence-corrected chi connectivity index (χ0v) is 10.3. The minimum atomic E-state index is -4.09. The van der Waals surface area contributed by atoms with Crippen molar-refractivity contribution in [2.45, 2.75) is 23.8 Å². The molecule has 4 nitrogen and oxygen atoms in total. The van der Waals surface area contributed by atoms with E-state index >= 15 is 0 Å². The summed E-state index contributed by atoms with van der Waals surface area (Å²) in [5.74, 6) is -2.57. The predicted octanol–water partition coefficient (Wildman–Crippen LogP) is 1.11. The highest BCUT2D eigenvalue weighted by atomic mass is 32.2. The summed E-state index contributed by atoms with van der Waals surface area (Å²) < 4.78 is 52.0. The molecule has 1 aromatic carbocycles. The minimum absolute atomic E-state index is 0.212. The first-order chi connectivity index (χ1) is 8.48. The number of sulfonamides is 1. The molecule has 1 atom stereocenters. The molecule has 0 bridgehead atoms. The molecule has 1 heterocycles. The second-order valence-electron chi connectivity index (χ2n) is 4.15. The van der Waals surface area contributed by atoms with Gasteiger partial charge in [-0.25, -0.2) is 17.2 Å². The lowest BCUT2D eigenvalue weighted by Crippen LogP contribution is -2.38. The van der Waals surface area contributed by atoms with E-state index in [9.17, 15) is 17.2 Å². The average Bonchev–Trinajstić information content (AvgIpc) is 2.81. The Hall–Kier alpha value is -1.05. The van der Waals surface area contributed by atoms with Gasteiger partial charge in [0.15, 0.2) is 11.6 Å². The molecule has 1 N–H and O–H groups in total. The minimum Gasteiger partial charge on any atom is -0.395 e. The van der Waals surface area contributed by atoms with Crippen molar-refractivity contribution < 1.29 is 22.3 Å². The maximum atomic E-state index is 13.5. The van der Waals surface area contributed by atoms with Crippen LogP contribution in [0, 0.1) is 11.6 Å². The van der Waals surface area contributed by atoms with Crippen molar-refractivity contribution in [1.29, 1.82) is 0 Å². The van der Waals surface area contributed by atoms with Crippen LogP contribution in [0.3, 0.4) is 0 Å². The van der Waals surface area contributed by atoms with E-state index in [0.717, 1.165) is 22.5 Å². The van der Waals surface area contributed by atoms with Crippen molar-refractivity contribution in [3.05, 3.63) is 29.8 Å². The van der Waals surface area contributed by atoms with Gasteiger partial charge in [-0.1, -0.05) is 6.07 Å². The molecule has 1 aromatic rings. The summed E-state index contributed by atoms with van der Waals surface area (Å²) in [5, 5.41) is 9.10. The van der Waals surface area contributed by atoms with E-state index in [0.29, 0.717) is 12.8 Å². The lowest BCUT2D eigenvalue weighted by molar-refractivity contribution is 0.213. The summed E-state index contributed by atoms with van der Waals surface area (Å²) >= 11 is 0. The van der Waals surface area contributed by atoms with Crippen LogP contribution in [0.2, 0.25) is 0 Å². The molecule has 0 radical (unpaired) electrons. The highest BCUT2D eigenvalue weighted by Gasteiger charge is 2.36. The highest BCUT2D eigenvalue weighted by Crippen LogP contribution is 2.27. The molecule has 2 rings (SSSR count). The largest absolute Gasteiger partial charge is 0.395 e. The molecule has 1 saturated heterocycles. The van der Waals surface area contributed by atoms with Crippen LogP contribution in [-0.2, 0) is 10.0 Å². The molecule has 0 saturated carbocycles. The van der Waals surface area contributed by atoms with Crippen LogP contribution in [0.5, 0.6) is 0 Å². The summed E-state index contributed by atoms with van der Waals surface area (Å²) in [6.07, 6.45) is 1.12. The lowest BCUT2D eigenvalue weighted by Gasteiger charge is -2.22. The third-order valence-electron chi connectivity index (χ3n) is 3.04. The average molecular weight is 277 g/mol. The van der Waals surface area contributed by atoms with Crippen molar-refractivity contribution in [3.63, 3.8) is 0 Å². The first kappa shape index (κ1) is 13.4. The maximum Gasteiger partial charge on any atom is 0.246 e.